The van der Waals surface area contributed by atoms with Gasteiger partial charge in [-0.3, -0.25) is 4.79 Å². The number of hydrogen-bond donors (Lipinski definition) is 1. The van der Waals surface area contributed by atoms with Crippen molar-refractivity contribution in [3.8, 4) is 11.3 Å². The molecule has 0 unspecified atom stereocenters. The number of hydrogen-bond acceptors (Lipinski definition) is 5. The summed E-state index contributed by atoms with van der Waals surface area (Å²) in [5.74, 6) is 0.374. The molecule has 0 radical (unpaired) electrons. The lowest BCUT2D eigenvalue weighted by atomic mass is 10.0. The third-order valence-corrected chi connectivity index (χ3v) is 6.21. The zero-order chi connectivity index (χ0) is 22.1. The van der Waals surface area contributed by atoms with Gasteiger partial charge in [0.2, 0.25) is 11.0 Å². The van der Waals surface area contributed by atoms with Crippen LogP contribution in [0.2, 0.25) is 0 Å². The van der Waals surface area contributed by atoms with Gasteiger partial charge in [-0.1, -0.05) is 43.4 Å². The fraction of sp³-hybridized carbons (Fsp3) is 0.333. The number of pyridine rings is 1. The monoisotopic (exact) mass is 433 g/mol. The molecular formula is C24H27N5OS. The quantitative estimate of drug-likeness (QED) is 0.456. The first-order valence-electron chi connectivity index (χ1n) is 10.5. The Hall–Kier alpha value is -3.06. The van der Waals surface area contributed by atoms with Crippen molar-refractivity contribution in [1.29, 1.82) is 0 Å². The average molecular weight is 434 g/mol. The summed E-state index contributed by atoms with van der Waals surface area (Å²) < 4.78 is 2.02. The third-order valence-electron chi connectivity index (χ3n) is 5.35. The Morgan fingerprint density at radius 2 is 1.90 bits per heavy atom. The maximum Gasteiger partial charge on any atom is 0.232 e. The molecule has 1 aromatic carbocycles. The van der Waals surface area contributed by atoms with Crippen molar-refractivity contribution in [2.24, 2.45) is 5.92 Å². The molecule has 0 fully saturated rings. The van der Waals surface area contributed by atoms with Crippen LogP contribution < -0.4 is 5.32 Å². The highest BCUT2D eigenvalue weighted by molar-refractivity contribution is 7.15. The van der Waals surface area contributed by atoms with Gasteiger partial charge in [-0.15, -0.1) is 10.2 Å². The summed E-state index contributed by atoms with van der Waals surface area (Å²) in [5, 5.41) is 12.7. The molecule has 0 bridgehead atoms. The van der Waals surface area contributed by atoms with Crippen LogP contribution in [0.25, 0.3) is 16.9 Å². The second kappa shape index (κ2) is 8.59. The number of amides is 1. The molecule has 4 aromatic rings. The fourth-order valence-electron chi connectivity index (χ4n) is 3.59. The summed E-state index contributed by atoms with van der Waals surface area (Å²) in [6.07, 6.45) is 3.02. The number of carbonyl (C=O) groups is 1. The summed E-state index contributed by atoms with van der Waals surface area (Å²) in [6.45, 7) is 10.5. The molecule has 3 aromatic heterocycles. The van der Waals surface area contributed by atoms with Gasteiger partial charge in [0.15, 0.2) is 0 Å². The summed E-state index contributed by atoms with van der Waals surface area (Å²) in [6, 6.07) is 10.3. The van der Waals surface area contributed by atoms with E-state index >= 15 is 0 Å². The van der Waals surface area contributed by atoms with Crippen LogP contribution in [0.5, 0.6) is 0 Å². The van der Waals surface area contributed by atoms with Crippen LogP contribution in [0.4, 0.5) is 5.13 Å². The van der Waals surface area contributed by atoms with E-state index in [1.807, 2.05) is 29.7 Å². The molecule has 3 heterocycles. The molecule has 0 aliphatic carbocycles. The van der Waals surface area contributed by atoms with E-state index in [1.165, 1.54) is 22.5 Å². The normalized spacial score (nSPS) is 11.4. The molecule has 160 valence electrons. The van der Waals surface area contributed by atoms with Gasteiger partial charge in [-0.2, -0.15) is 0 Å². The van der Waals surface area contributed by atoms with E-state index in [-0.39, 0.29) is 12.3 Å². The number of benzene rings is 1. The van der Waals surface area contributed by atoms with Crippen LogP contribution in [-0.2, 0) is 17.6 Å². The van der Waals surface area contributed by atoms with Crippen molar-refractivity contribution in [2.45, 2.75) is 47.5 Å². The average Bonchev–Trinajstić information content (AvgIpc) is 3.29. The van der Waals surface area contributed by atoms with Crippen molar-refractivity contribution >= 4 is 28.0 Å². The van der Waals surface area contributed by atoms with Crippen LogP contribution in [-0.4, -0.2) is 25.5 Å². The van der Waals surface area contributed by atoms with Crippen LogP contribution >= 0.6 is 11.3 Å². The predicted octanol–water partition coefficient (Wildman–Crippen LogP) is 5.16. The zero-order valence-electron chi connectivity index (χ0n) is 18.6. The van der Waals surface area contributed by atoms with Crippen molar-refractivity contribution < 1.29 is 4.79 Å². The Morgan fingerprint density at radius 1 is 1.10 bits per heavy atom. The number of rotatable bonds is 6. The molecule has 4 rings (SSSR count). The molecule has 0 aliphatic rings. The van der Waals surface area contributed by atoms with Gasteiger partial charge in [0, 0.05) is 18.2 Å². The van der Waals surface area contributed by atoms with Crippen molar-refractivity contribution in [2.75, 3.05) is 5.32 Å². The van der Waals surface area contributed by atoms with E-state index in [0.29, 0.717) is 11.0 Å². The Labute approximate surface area is 186 Å². The Morgan fingerprint density at radius 3 is 2.65 bits per heavy atom. The third kappa shape index (κ3) is 4.51. The molecule has 31 heavy (non-hydrogen) atoms. The standard InChI is InChI=1S/C24H27N5OS/c1-14(2)11-21-27-28-24(31-21)25-20(30)13-19-22(18-9-8-15(3)17(5)12-18)26-23-16(4)7-6-10-29(19)23/h6-10,12,14H,11,13H2,1-5H3,(H,25,28,30). The van der Waals surface area contributed by atoms with Crippen LogP contribution in [0.3, 0.4) is 0 Å². The topological polar surface area (TPSA) is 72.2 Å². The predicted molar refractivity (Wildman–Crippen MR) is 126 cm³/mol. The first-order chi connectivity index (χ1) is 14.8. The Balaban J connectivity index is 1.67. The van der Waals surface area contributed by atoms with Gasteiger partial charge in [-0.25, -0.2) is 4.98 Å². The summed E-state index contributed by atoms with van der Waals surface area (Å²) in [4.78, 5) is 17.8. The van der Waals surface area contributed by atoms with E-state index in [2.05, 4.69) is 61.4 Å². The van der Waals surface area contributed by atoms with Gasteiger partial charge in [0.05, 0.1) is 17.8 Å². The first-order valence-corrected chi connectivity index (χ1v) is 11.3. The second-order valence-electron chi connectivity index (χ2n) is 8.41. The van der Waals surface area contributed by atoms with Crippen molar-refractivity contribution in [1.82, 2.24) is 19.6 Å². The lowest BCUT2D eigenvalue weighted by Crippen LogP contribution is -2.16. The zero-order valence-corrected chi connectivity index (χ0v) is 19.4. The number of nitrogens with zero attached hydrogens (tertiary/aromatic N) is 4. The Bertz CT molecular complexity index is 1250. The largest absolute Gasteiger partial charge is 0.303 e. The first kappa shape index (κ1) is 21.2. The highest BCUT2D eigenvalue weighted by atomic mass is 32.1. The minimum absolute atomic E-state index is 0.124. The van der Waals surface area contributed by atoms with Crippen LogP contribution in [0.15, 0.2) is 36.5 Å². The van der Waals surface area contributed by atoms with E-state index < -0.39 is 0 Å². The van der Waals surface area contributed by atoms with Gasteiger partial charge < -0.3 is 9.72 Å². The molecule has 1 amide bonds. The number of fused-ring (bicyclic) bond motifs is 1. The molecule has 0 atom stereocenters. The molecule has 0 saturated carbocycles. The summed E-state index contributed by atoms with van der Waals surface area (Å²) >= 11 is 1.44. The smallest absolute Gasteiger partial charge is 0.232 e. The maximum absolute atomic E-state index is 12.9. The lowest BCUT2D eigenvalue weighted by molar-refractivity contribution is -0.115. The van der Waals surface area contributed by atoms with Gasteiger partial charge in [0.25, 0.3) is 0 Å². The SMILES string of the molecule is Cc1ccc(-c2nc3c(C)cccn3c2CC(=O)Nc2nnc(CC(C)C)s2)cc1C. The summed E-state index contributed by atoms with van der Waals surface area (Å²) in [7, 11) is 0. The van der Waals surface area contributed by atoms with E-state index in [0.717, 1.165) is 39.6 Å². The van der Waals surface area contributed by atoms with Crippen LogP contribution in [0, 0.1) is 26.7 Å². The molecular weight excluding hydrogens is 406 g/mol. The van der Waals surface area contributed by atoms with Gasteiger partial charge in [-0.05, 0) is 55.5 Å². The minimum Gasteiger partial charge on any atom is -0.303 e. The van der Waals surface area contributed by atoms with E-state index in [9.17, 15) is 4.79 Å². The van der Waals surface area contributed by atoms with Gasteiger partial charge in [0.1, 0.15) is 10.7 Å². The molecule has 7 heteroatoms. The fourth-order valence-corrected chi connectivity index (χ4v) is 4.56. The highest BCUT2D eigenvalue weighted by Crippen LogP contribution is 2.28. The van der Waals surface area contributed by atoms with E-state index in [4.69, 9.17) is 4.98 Å². The molecule has 1 N–H and O–H groups in total. The van der Waals surface area contributed by atoms with E-state index in [1.54, 1.807) is 0 Å². The number of aryl methyl sites for hydroxylation is 3. The summed E-state index contributed by atoms with van der Waals surface area (Å²) in [5.41, 5.74) is 7.10. The molecule has 0 aliphatic heterocycles. The minimum atomic E-state index is -0.124. The van der Waals surface area contributed by atoms with Gasteiger partial charge >= 0.3 is 0 Å². The number of imidazole rings is 1. The van der Waals surface area contributed by atoms with Crippen LogP contribution in [0.1, 0.15) is 41.2 Å². The number of carbonyl (C=O) groups excluding carboxylic acids is 1. The molecule has 0 saturated heterocycles. The Kier molecular flexibility index (Phi) is 5.87. The number of nitrogens with one attached hydrogen (secondary N) is 1. The van der Waals surface area contributed by atoms with Crippen molar-refractivity contribution in [3.63, 3.8) is 0 Å². The highest BCUT2D eigenvalue weighted by Gasteiger charge is 2.19. The molecule has 6 nitrogen and oxygen atoms in total. The second-order valence-corrected chi connectivity index (χ2v) is 9.48. The lowest BCUT2D eigenvalue weighted by Gasteiger charge is -2.07. The number of anilines is 1. The maximum atomic E-state index is 12.9. The molecule has 0 spiro atoms. The number of aromatic nitrogens is 4. The van der Waals surface area contributed by atoms with Crippen molar-refractivity contribution in [3.05, 3.63) is 63.9 Å².